The number of rotatable bonds is 8. The van der Waals surface area contributed by atoms with E-state index in [4.69, 9.17) is 4.74 Å². The van der Waals surface area contributed by atoms with E-state index in [9.17, 15) is 0 Å². The van der Waals surface area contributed by atoms with Crippen LogP contribution in [0.2, 0.25) is 0 Å². The van der Waals surface area contributed by atoms with Gasteiger partial charge in [-0.25, -0.2) is 0 Å². The van der Waals surface area contributed by atoms with E-state index in [2.05, 4.69) is 48.5 Å². The second kappa shape index (κ2) is 12.6. The van der Waals surface area contributed by atoms with E-state index >= 15 is 0 Å². The average Bonchev–Trinajstić information content (AvgIpc) is 2.52. The molecule has 0 spiro atoms. The molecule has 0 saturated carbocycles. The number of nitrogens with one attached hydrogen (secondary N) is 2. The SMILES string of the molecule is CCCN=C(NCC)NCCC(C)c1ccc(OC)cc1.I. The molecule has 0 saturated heterocycles. The van der Waals surface area contributed by atoms with Gasteiger partial charge in [-0.05, 0) is 43.4 Å². The van der Waals surface area contributed by atoms with Crippen molar-refractivity contribution in [3.63, 3.8) is 0 Å². The quantitative estimate of drug-likeness (QED) is 0.383. The molecule has 0 aliphatic heterocycles. The Morgan fingerprint density at radius 3 is 2.41 bits per heavy atom. The first-order chi connectivity index (χ1) is 10.2. The van der Waals surface area contributed by atoms with Crippen LogP contribution in [0, 0.1) is 0 Å². The molecule has 0 fully saturated rings. The molecule has 1 rings (SSSR count). The first-order valence-corrected chi connectivity index (χ1v) is 7.87. The van der Waals surface area contributed by atoms with Gasteiger partial charge in [0.25, 0.3) is 0 Å². The molecule has 1 aromatic rings. The van der Waals surface area contributed by atoms with Crippen LogP contribution in [-0.4, -0.2) is 32.7 Å². The molecule has 0 aliphatic carbocycles. The molecule has 0 radical (unpaired) electrons. The van der Waals surface area contributed by atoms with Crippen molar-refractivity contribution in [3.05, 3.63) is 29.8 Å². The van der Waals surface area contributed by atoms with E-state index in [-0.39, 0.29) is 24.0 Å². The normalized spacial score (nSPS) is 12.3. The highest BCUT2D eigenvalue weighted by molar-refractivity contribution is 14.0. The maximum Gasteiger partial charge on any atom is 0.191 e. The van der Waals surface area contributed by atoms with E-state index in [0.717, 1.165) is 44.2 Å². The van der Waals surface area contributed by atoms with E-state index < -0.39 is 0 Å². The number of methoxy groups -OCH3 is 1. The van der Waals surface area contributed by atoms with E-state index in [1.807, 2.05) is 12.1 Å². The van der Waals surface area contributed by atoms with E-state index in [0.29, 0.717) is 5.92 Å². The van der Waals surface area contributed by atoms with Crippen molar-refractivity contribution in [2.75, 3.05) is 26.7 Å². The minimum atomic E-state index is 0. The Morgan fingerprint density at radius 2 is 1.86 bits per heavy atom. The van der Waals surface area contributed by atoms with E-state index in [1.165, 1.54) is 5.56 Å². The Morgan fingerprint density at radius 1 is 1.18 bits per heavy atom. The molecule has 0 amide bonds. The monoisotopic (exact) mass is 419 g/mol. The lowest BCUT2D eigenvalue weighted by Crippen LogP contribution is -2.38. The molecule has 5 heteroatoms. The molecule has 1 atom stereocenters. The van der Waals surface area contributed by atoms with Gasteiger partial charge in [-0.1, -0.05) is 26.0 Å². The van der Waals surface area contributed by atoms with Gasteiger partial charge in [-0.2, -0.15) is 0 Å². The predicted molar refractivity (Wildman–Crippen MR) is 106 cm³/mol. The van der Waals surface area contributed by atoms with Crippen molar-refractivity contribution in [2.24, 2.45) is 4.99 Å². The molecule has 4 nitrogen and oxygen atoms in total. The fourth-order valence-electron chi connectivity index (χ4n) is 2.07. The standard InChI is InChI=1S/C17H29N3O.HI/c1-5-12-19-17(18-6-2)20-13-11-14(3)15-7-9-16(21-4)10-8-15;/h7-10,14H,5-6,11-13H2,1-4H3,(H2,18,19,20);1H. The van der Waals surface area contributed by atoms with Crippen LogP contribution in [0.4, 0.5) is 0 Å². The summed E-state index contributed by atoms with van der Waals surface area (Å²) in [6.07, 6.45) is 2.14. The summed E-state index contributed by atoms with van der Waals surface area (Å²) in [7, 11) is 1.69. The summed E-state index contributed by atoms with van der Waals surface area (Å²) in [5, 5.41) is 6.66. The Labute approximate surface area is 152 Å². The van der Waals surface area contributed by atoms with Crippen molar-refractivity contribution >= 4 is 29.9 Å². The smallest absolute Gasteiger partial charge is 0.191 e. The van der Waals surface area contributed by atoms with Crippen molar-refractivity contribution in [1.29, 1.82) is 0 Å². The first-order valence-electron chi connectivity index (χ1n) is 7.87. The Hall–Kier alpha value is -0.980. The summed E-state index contributed by atoms with van der Waals surface area (Å²) in [5.74, 6) is 2.34. The molecule has 126 valence electrons. The number of halogens is 1. The van der Waals surface area contributed by atoms with Crippen LogP contribution in [0.3, 0.4) is 0 Å². The molecular formula is C17H30IN3O. The third kappa shape index (κ3) is 7.87. The van der Waals surface area contributed by atoms with Gasteiger partial charge < -0.3 is 15.4 Å². The predicted octanol–water partition coefficient (Wildman–Crippen LogP) is 3.77. The maximum absolute atomic E-state index is 5.19. The Balaban J connectivity index is 0.00000441. The molecule has 1 unspecified atom stereocenters. The molecule has 0 aliphatic rings. The fourth-order valence-corrected chi connectivity index (χ4v) is 2.07. The van der Waals surface area contributed by atoms with Crippen molar-refractivity contribution in [1.82, 2.24) is 10.6 Å². The number of aliphatic imine (C=N–C) groups is 1. The van der Waals surface area contributed by atoms with Gasteiger partial charge in [-0.15, -0.1) is 24.0 Å². The second-order valence-corrected chi connectivity index (χ2v) is 5.15. The van der Waals surface area contributed by atoms with Crippen LogP contribution in [0.1, 0.15) is 45.1 Å². The highest BCUT2D eigenvalue weighted by Gasteiger charge is 2.06. The summed E-state index contributed by atoms with van der Waals surface area (Å²) >= 11 is 0. The molecule has 22 heavy (non-hydrogen) atoms. The van der Waals surface area contributed by atoms with Gasteiger partial charge >= 0.3 is 0 Å². The van der Waals surface area contributed by atoms with Gasteiger partial charge in [0.2, 0.25) is 0 Å². The minimum Gasteiger partial charge on any atom is -0.497 e. The number of guanidine groups is 1. The van der Waals surface area contributed by atoms with Crippen molar-refractivity contribution < 1.29 is 4.74 Å². The number of benzene rings is 1. The zero-order chi connectivity index (χ0) is 15.5. The van der Waals surface area contributed by atoms with Crippen LogP contribution in [0.25, 0.3) is 0 Å². The van der Waals surface area contributed by atoms with Gasteiger partial charge in [0, 0.05) is 19.6 Å². The lowest BCUT2D eigenvalue weighted by Gasteiger charge is -2.15. The van der Waals surface area contributed by atoms with Crippen molar-refractivity contribution in [3.8, 4) is 5.75 Å². The molecule has 1 aromatic carbocycles. The molecule has 0 bridgehead atoms. The summed E-state index contributed by atoms with van der Waals surface area (Å²) in [6, 6.07) is 8.32. The summed E-state index contributed by atoms with van der Waals surface area (Å²) in [4.78, 5) is 4.50. The van der Waals surface area contributed by atoms with Crippen LogP contribution in [0.15, 0.2) is 29.3 Å². The molecular weight excluding hydrogens is 389 g/mol. The zero-order valence-electron chi connectivity index (χ0n) is 14.2. The maximum atomic E-state index is 5.19. The minimum absolute atomic E-state index is 0. The average molecular weight is 419 g/mol. The number of nitrogens with zero attached hydrogens (tertiary/aromatic N) is 1. The molecule has 0 aromatic heterocycles. The largest absolute Gasteiger partial charge is 0.497 e. The topological polar surface area (TPSA) is 45.7 Å². The third-order valence-electron chi connectivity index (χ3n) is 3.39. The van der Waals surface area contributed by atoms with E-state index in [1.54, 1.807) is 7.11 Å². The number of hydrogen-bond acceptors (Lipinski definition) is 2. The highest BCUT2D eigenvalue weighted by Crippen LogP contribution is 2.21. The van der Waals surface area contributed by atoms with Crippen molar-refractivity contribution in [2.45, 2.75) is 39.5 Å². The highest BCUT2D eigenvalue weighted by atomic mass is 127. The number of ether oxygens (including phenoxy) is 1. The number of hydrogen-bond donors (Lipinski definition) is 2. The Kier molecular flexibility index (Phi) is 12.0. The summed E-state index contributed by atoms with van der Waals surface area (Å²) in [5.41, 5.74) is 1.34. The Bertz CT molecular complexity index is 420. The zero-order valence-corrected chi connectivity index (χ0v) is 16.5. The molecule has 0 heterocycles. The third-order valence-corrected chi connectivity index (χ3v) is 3.39. The van der Waals surface area contributed by atoms with Crippen LogP contribution in [-0.2, 0) is 0 Å². The van der Waals surface area contributed by atoms with Gasteiger partial charge in [0.15, 0.2) is 5.96 Å². The second-order valence-electron chi connectivity index (χ2n) is 5.15. The lowest BCUT2D eigenvalue weighted by atomic mass is 9.98. The fraction of sp³-hybridized carbons (Fsp3) is 0.588. The van der Waals surface area contributed by atoms with Crippen LogP contribution < -0.4 is 15.4 Å². The lowest BCUT2D eigenvalue weighted by molar-refractivity contribution is 0.414. The van der Waals surface area contributed by atoms with Crippen LogP contribution >= 0.6 is 24.0 Å². The summed E-state index contributed by atoms with van der Waals surface area (Å²) in [6.45, 7) is 9.15. The van der Waals surface area contributed by atoms with Gasteiger partial charge in [-0.3, -0.25) is 4.99 Å². The first kappa shape index (κ1) is 21.0. The van der Waals surface area contributed by atoms with Gasteiger partial charge in [0.05, 0.1) is 7.11 Å². The molecule has 2 N–H and O–H groups in total. The van der Waals surface area contributed by atoms with Crippen LogP contribution in [0.5, 0.6) is 5.75 Å². The van der Waals surface area contributed by atoms with Gasteiger partial charge in [0.1, 0.15) is 5.75 Å². The summed E-state index contributed by atoms with van der Waals surface area (Å²) < 4.78 is 5.19.